The molecule has 0 N–H and O–H groups in total. The Morgan fingerprint density at radius 1 is 0.833 bits per heavy atom. The van der Waals surface area contributed by atoms with Crippen LogP contribution in [0.25, 0.3) is 0 Å². The highest BCUT2D eigenvalue weighted by atomic mass is 14.4. The van der Waals surface area contributed by atoms with Gasteiger partial charge in [-0.1, -0.05) is 57.7 Å². The quantitative estimate of drug-likeness (QED) is 0.527. The van der Waals surface area contributed by atoms with Crippen molar-refractivity contribution in [2.45, 2.75) is 97.3 Å². The molecule has 0 spiro atoms. The summed E-state index contributed by atoms with van der Waals surface area (Å²) in [6.07, 6.45) is 16.0. The van der Waals surface area contributed by atoms with E-state index >= 15 is 0 Å². The Labute approximate surface area is 150 Å². The number of benzene rings is 1. The highest BCUT2D eigenvalue weighted by molar-refractivity contribution is 5.34. The fourth-order valence-corrected chi connectivity index (χ4v) is 5.67. The van der Waals surface area contributed by atoms with Crippen LogP contribution < -0.4 is 0 Å². The maximum atomic E-state index is 2.44. The van der Waals surface area contributed by atoms with Gasteiger partial charge in [-0.15, -0.1) is 0 Å². The highest BCUT2D eigenvalue weighted by Crippen LogP contribution is 2.44. The molecule has 2 aliphatic carbocycles. The van der Waals surface area contributed by atoms with Crippen molar-refractivity contribution < 1.29 is 0 Å². The normalized spacial score (nSPS) is 31.1. The van der Waals surface area contributed by atoms with Crippen LogP contribution in [0.15, 0.2) is 18.2 Å². The first-order valence-corrected chi connectivity index (χ1v) is 10.8. The van der Waals surface area contributed by atoms with E-state index in [0.717, 1.165) is 30.1 Å². The Balaban J connectivity index is 1.51. The summed E-state index contributed by atoms with van der Waals surface area (Å²) >= 11 is 0. The zero-order valence-corrected chi connectivity index (χ0v) is 16.3. The lowest BCUT2D eigenvalue weighted by molar-refractivity contribution is 0.156. The summed E-state index contributed by atoms with van der Waals surface area (Å²) in [6.45, 7) is 6.94. The van der Waals surface area contributed by atoms with Crippen molar-refractivity contribution in [1.29, 1.82) is 0 Å². The van der Waals surface area contributed by atoms with Crippen molar-refractivity contribution in [3.8, 4) is 0 Å². The Morgan fingerprint density at radius 2 is 1.46 bits per heavy atom. The average Bonchev–Trinajstić information content (AvgIpc) is 2.63. The number of hydrogen-bond acceptors (Lipinski definition) is 0. The van der Waals surface area contributed by atoms with Gasteiger partial charge in [0.25, 0.3) is 0 Å². The number of aryl methyl sites for hydroxylation is 2. The molecule has 134 valence electrons. The molecule has 1 aromatic rings. The Hall–Kier alpha value is -0.780. The van der Waals surface area contributed by atoms with Crippen molar-refractivity contribution in [2.75, 3.05) is 0 Å². The molecule has 1 aromatic carbocycles. The third kappa shape index (κ3) is 4.24. The second kappa shape index (κ2) is 8.54. The highest BCUT2D eigenvalue weighted by Gasteiger charge is 2.31. The van der Waals surface area contributed by atoms with E-state index in [0.29, 0.717) is 0 Å². The Bertz CT molecular complexity index is 499. The number of rotatable bonds is 5. The van der Waals surface area contributed by atoms with Crippen molar-refractivity contribution in [2.24, 2.45) is 17.8 Å². The third-order valence-electron chi connectivity index (χ3n) is 7.21. The lowest BCUT2D eigenvalue weighted by atomic mass is 9.67. The minimum Gasteiger partial charge on any atom is -0.0654 e. The smallest absolute Gasteiger partial charge is 0.0159 e. The average molecular weight is 327 g/mol. The molecule has 2 fully saturated rings. The molecule has 2 aliphatic rings. The monoisotopic (exact) mass is 326 g/mol. The minimum absolute atomic E-state index is 0.837. The minimum atomic E-state index is 0.837. The maximum absolute atomic E-state index is 2.44. The van der Waals surface area contributed by atoms with Gasteiger partial charge in [0.05, 0.1) is 0 Å². The zero-order chi connectivity index (χ0) is 16.9. The lowest BCUT2D eigenvalue weighted by Crippen LogP contribution is -2.25. The van der Waals surface area contributed by atoms with E-state index in [2.05, 4.69) is 39.0 Å². The van der Waals surface area contributed by atoms with Gasteiger partial charge in [-0.2, -0.15) is 0 Å². The molecule has 24 heavy (non-hydrogen) atoms. The SMILES string of the molecule is CCCC1CCC(C2CCC(c3ccc(CC)cc3C)CC2)CC1. The predicted molar refractivity (Wildman–Crippen MR) is 106 cm³/mol. The van der Waals surface area contributed by atoms with Gasteiger partial charge in [-0.25, -0.2) is 0 Å². The van der Waals surface area contributed by atoms with Gasteiger partial charge in [0.1, 0.15) is 0 Å². The first-order chi connectivity index (χ1) is 11.7. The van der Waals surface area contributed by atoms with Gasteiger partial charge in [0.15, 0.2) is 0 Å². The van der Waals surface area contributed by atoms with Crippen LogP contribution in [-0.4, -0.2) is 0 Å². The fraction of sp³-hybridized carbons (Fsp3) is 0.750. The maximum Gasteiger partial charge on any atom is -0.0159 e. The molecule has 0 aliphatic heterocycles. The van der Waals surface area contributed by atoms with E-state index in [1.807, 2.05) is 0 Å². The van der Waals surface area contributed by atoms with E-state index in [1.165, 1.54) is 75.3 Å². The molecule has 0 aromatic heterocycles. The van der Waals surface area contributed by atoms with Gasteiger partial charge in [0.2, 0.25) is 0 Å². The standard InChI is InChI=1S/C24H38/c1-4-6-20-7-10-21(11-8-20)22-12-14-23(15-13-22)24-16-9-19(5-2)17-18(24)3/h9,16-17,20-23H,4-8,10-15H2,1-3H3. The van der Waals surface area contributed by atoms with Crippen molar-refractivity contribution in [3.63, 3.8) is 0 Å². The first kappa shape index (κ1) is 18.0. The molecule has 0 radical (unpaired) electrons. The van der Waals surface area contributed by atoms with Gasteiger partial charge in [-0.05, 0) is 92.2 Å². The van der Waals surface area contributed by atoms with Crippen molar-refractivity contribution >= 4 is 0 Å². The lowest BCUT2D eigenvalue weighted by Gasteiger charge is -2.38. The molecule has 0 heteroatoms. The summed E-state index contributed by atoms with van der Waals surface area (Å²) in [6, 6.07) is 7.23. The van der Waals surface area contributed by atoms with Gasteiger partial charge >= 0.3 is 0 Å². The molecule has 0 amide bonds. The van der Waals surface area contributed by atoms with Crippen LogP contribution >= 0.6 is 0 Å². The molecule has 3 rings (SSSR count). The molecule has 0 nitrogen and oxygen atoms in total. The molecule has 0 bridgehead atoms. The van der Waals surface area contributed by atoms with Crippen molar-refractivity contribution in [1.82, 2.24) is 0 Å². The predicted octanol–water partition coefficient (Wildman–Crippen LogP) is 7.44. The molecule has 0 unspecified atom stereocenters. The molecule has 0 saturated heterocycles. The van der Waals surface area contributed by atoms with E-state index in [1.54, 1.807) is 5.56 Å². The van der Waals surface area contributed by atoms with Crippen LogP contribution in [0.3, 0.4) is 0 Å². The zero-order valence-electron chi connectivity index (χ0n) is 16.3. The van der Waals surface area contributed by atoms with Crippen LogP contribution in [0.5, 0.6) is 0 Å². The Kier molecular flexibility index (Phi) is 6.42. The van der Waals surface area contributed by atoms with Gasteiger partial charge in [-0.3, -0.25) is 0 Å². The van der Waals surface area contributed by atoms with Gasteiger partial charge < -0.3 is 0 Å². The second-order valence-corrected chi connectivity index (χ2v) is 8.73. The van der Waals surface area contributed by atoms with E-state index in [-0.39, 0.29) is 0 Å². The summed E-state index contributed by atoms with van der Waals surface area (Å²) in [5.41, 5.74) is 4.68. The van der Waals surface area contributed by atoms with E-state index < -0.39 is 0 Å². The van der Waals surface area contributed by atoms with Crippen LogP contribution in [0, 0.1) is 24.7 Å². The molecule has 2 saturated carbocycles. The van der Waals surface area contributed by atoms with Crippen LogP contribution in [0.1, 0.15) is 101 Å². The number of hydrogen-bond donors (Lipinski definition) is 0. The summed E-state index contributed by atoms with van der Waals surface area (Å²) < 4.78 is 0. The Morgan fingerprint density at radius 3 is 2.00 bits per heavy atom. The molecule has 0 heterocycles. The summed E-state index contributed by atoms with van der Waals surface area (Å²) in [5, 5.41) is 0. The van der Waals surface area contributed by atoms with E-state index in [9.17, 15) is 0 Å². The summed E-state index contributed by atoms with van der Waals surface area (Å²) in [4.78, 5) is 0. The van der Waals surface area contributed by atoms with E-state index in [4.69, 9.17) is 0 Å². The molecule has 0 atom stereocenters. The molecular formula is C24H38. The van der Waals surface area contributed by atoms with Crippen LogP contribution in [-0.2, 0) is 6.42 Å². The van der Waals surface area contributed by atoms with Crippen molar-refractivity contribution in [3.05, 3.63) is 34.9 Å². The van der Waals surface area contributed by atoms with Crippen LogP contribution in [0.4, 0.5) is 0 Å². The second-order valence-electron chi connectivity index (χ2n) is 8.73. The summed E-state index contributed by atoms with van der Waals surface area (Å²) in [7, 11) is 0. The first-order valence-electron chi connectivity index (χ1n) is 10.8. The third-order valence-corrected chi connectivity index (χ3v) is 7.21. The van der Waals surface area contributed by atoms with Gasteiger partial charge in [0, 0.05) is 0 Å². The van der Waals surface area contributed by atoms with Crippen LogP contribution in [0.2, 0.25) is 0 Å². The summed E-state index contributed by atoms with van der Waals surface area (Å²) in [5.74, 6) is 3.99. The fourth-order valence-electron chi connectivity index (χ4n) is 5.67. The molecular weight excluding hydrogens is 288 g/mol. The largest absolute Gasteiger partial charge is 0.0654 e. The topological polar surface area (TPSA) is 0 Å².